The van der Waals surface area contributed by atoms with Gasteiger partial charge in [-0.15, -0.1) is 0 Å². The molecule has 0 amide bonds. The van der Waals surface area contributed by atoms with Crippen molar-refractivity contribution < 1.29 is 4.39 Å². The van der Waals surface area contributed by atoms with Crippen molar-refractivity contribution in [2.45, 2.75) is 0 Å². The van der Waals surface area contributed by atoms with Crippen molar-refractivity contribution in [3.05, 3.63) is 52.5 Å². The van der Waals surface area contributed by atoms with Crippen LogP contribution in [0.3, 0.4) is 0 Å². The van der Waals surface area contributed by atoms with Gasteiger partial charge in [-0.1, -0.05) is 0 Å². The van der Waals surface area contributed by atoms with Gasteiger partial charge in [-0.25, -0.2) is 4.39 Å². The highest BCUT2D eigenvalue weighted by Gasteiger charge is 2.05. The molecule has 1 heterocycles. The molecule has 0 aliphatic rings. The predicted molar refractivity (Wildman–Crippen MR) is 66.3 cm³/mol. The molecule has 1 N–H and O–H groups in total. The molecule has 84 valence electrons. The quantitative estimate of drug-likeness (QED) is 0.920. The van der Waals surface area contributed by atoms with Gasteiger partial charge >= 0.3 is 0 Å². The van der Waals surface area contributed by atoms with Crippen molar-refractivity contribution in [1.29, 1.82) is 5.26 Å². The molecule has 1 aromatic heterocycles. The van der Waals surface area contributed by atoms with Crippen LogP contribution in [0.1, 0.15) is 5.56 Å². The Morgan fingerprint density at radius 2 is 2.12 bits per heavy atom. The van der Waals surface area contributed by atoms with Gasteiger partial charge in [0.2, 0.25) is 0 Å². The van der Waals surface area contributed by atoms with E-state index in [1.165, 1.54) is 18.2 Å². The summed E-state index contributed by atoms with van der Waals surface area (Å²) in [7, 11) is 0. The Bertz CT molecular complexity index is 593. The van der Waals surface area contributed by atoms with Crippen molar-refractivity contribution in [2.75, 3.05) is 5.32 Å². The van der Waals surface area contributed by atoms with E-state index in [1.54, 1.807) is 18.5 Å². The Morgan fingerprint density at radius 3 is 2.82 bits per heavy atom. The minimum Gasteiger partial charge on any atom is -0.353 e. The van der Waals surface area contributed by atoms with Crippen LogP contribution in [0.2, 0.25) is 0 Å². The molecule has 2 rings (SSSR count). The Kier molecular flexibility index (Phi) is 3.35. The first-order chi connectivity index (χ1) is 8.20. The van der Waals surface area contributed by atoms with Crippen LogP contribution in [0.25, 0.3) is 0 Å². The number of aromatic nitrogens is 1. The number of nitriles is 1. The lowest BCUT2D eigenvalue weighted by Gasteiger charge is -2.09. The third-order valence-corrected chi connectivity index (χ3v) is 2.78. The highest BCUT2D eigenvalue weighted by Crippen LogP contribution is 2.26. The van der Waals surface area contributed by atoms with Crippen LogP contribution in [0.4, 0.5) is 15.8 Å². The summed E-state index contributed by atoms with van der Waals surface area (Å²) in [4.78, 5) is 3.93. The molecule has 3 nitrogen and oxygen atoms in total. The van der Waals surface area contributed by atoms with Crippen LogP contribution in [0.15, 0.2) is 41.1 Å². The second-order valence-corrected chi connectivity index (χ2v) is 4.14. The number of rotatable bonds is 2. The van der Waals surface area contributed by atoms with Crippen LogP contribution in [0.5, 0.6) is 0 Å². The van der Waals surface area contributed by atoms with Crippen molar-refractivity contribution >= 4 is 27.3 Å². The van der Waals surface area contributed by atoms with E-state index < -0.39 is 5.82 Å². The summed E-state index contributed by atoms with van der Waals surface area (Å²) in [6.07, 6.45) is 3.26. The van der Waals surface area contributed by atoms with Gasteiger partial charge in [0, 0.05) is 12.4 Å². The third-order valence-electron chi connectivity index (χ3n) is 2.14. The van der Waals surface area contributed by atoms with Gasteiger partial charge < -0.3 is 5.32 Å². The first kappa shape index (κ1) is 11.6. The lowest BCUT2D eigenvalue weighted by atomic mass is 10.2. The minimum atomic E-state index is -0.430. The second-order valence-electron chi connectivity index (χ2n) is 3.28. The second kappa shape index (κ2) is 4.93. The summed E-state index contributed by atoms with van der Waals surface area (Å²) in [5.74, 6) is -0.430. The largest absolute Gasteiger partial charge is 0.353 e. The topological polar surface area (TPSA) is 48.7 Å². The maximum Gasteiger partial charge on any atom is 0.124 e. The van der Waals surface area contributed by atoms with Crippen molar-refractivity contribution in [3.8, 4) is 6.07 Å². The molecule has 0 aliphatic carbocycles. The number of halogens is 2. The lowest BCUT2D eigenvalue weighted by Crippen LogP contribution is -1.95. The van der Waals surface area contributed by atoms with Crippen molar-refractivity contribution in [3.63, 3.8) is 0 Å². The van der Waals surface area contributed by atoms with E-state index in [0.29, 0.717) is 5.69 Å². The van der Waals surface area contributed by atoms with Crippen LogP contribution in [0, 0.1) is 17.1 Å². The zero-order valence-corrected chi connectivity index (χ0v) is 10.2. The molecule has 0 spiro atoms. The fraction of sp³-hybridized carbons (Fsp3) is 0. The molecule has 0 aliphatic heterocycles. The molecule has 0 saturated heterocycles. The van der Waals surface area contributed by atoms with Crippen LogP contribution in [-0.2, 0) is 0 Å². The van der Waals surface area contributed by atoms with Crippen LogP contribution in [-0.4, -0.2) is 4.98 Å². The Morgan fingerprint density at radius 1 is 1.29 bits per heavy atom. The highest BCUT2D eigenvalue weighted by molar-refractivity contribution is 9.10. The first-order valence-corrected chi connectivity index (χ1v) is 5.56. The maximum atomic E-state index is 13.0. The summed E-state index contributed by atoms with van der Waals surface area (Å²) in [6.45, 7) is 0. The first-order valence-electron chi connectivity index (χ1n) is 4.77. The van der Waals surface area contributed by atoms with Crippen molar-refractivity contribution in [2.24, 2.45) is 0 Å². The Hall–Kier alpha value is -1.93. The standard InChI is InChI=1S/C12H7BrFN3/c13-10-7-16-4-3-12(10)17-11-2-1-9(14)5-8(11)6-15/h1-5,7H,(H,16,17). The summed E-state index contributed by atoms with van der Waals surface area (Å²) in [6, 6.07) is 7.73. The normalized spacial score (nSPS) is 9.71. The van der Waals surface area contributed by atoms with Gasteiger partial charge in [0.05, 0.1) is 21.4 Å². The number of pyridine rings is 1. The molecule has 5 heteroatoms. The molecule has 0 bridgehead atoms. The van der Waals surface area contributed by atoms with Crippen molar-refractivity contribution in [1.82, 2.24) is 4.98 Å². The average Bonchev–Trinajstić information content (AvgIpc) is 2.34. The molecule has 1 aromatic carbocycles. The smallest absolute Gasteiger partial charge is 0.124 e. The predicted octanol–water partition coefficient (Wildman–Crippen LogP) is 3.60. The zero-order valence-electron chi connectivity index (χ0n) is 8.61. The number of hydrogen-bond donors (Lipinski definition) is 1. The number of anilines is 2. The number of benzene rings is 1. The van der Waals surface area contributed by atoms with E-state index in [-0.39, 0.29) is 5.56 Å². The van der Waals surface area contributed by atoms with E-state index in [1.807, 2.05) is 6.07 Å². The third kappa shape index (κ3) is 2.60. The van der Waals surface area contributed by atoms with E-state index in [2.05, 4.69) is 26.2 Å². The fourth-order valence-electron chi connectivity index (χ4n) is 1.34. The highest BCUT2D eigenvalue weighted by atomic mass is 79.9. The van der Waals surface area contributed by atoms with Gasteiger partial charge in [0.15, 0.2) is 0 Å². The van der Waals surface area contributed by atoms with E-state index >= 15 is 0 Å². The number of hydrogen-bond acceptors (Lipinski definition) is 3. The molecule has 0 unspecified atom stereocenters. The van der Waals surface area contributed by atoms with Gasteiger partial charge in [0.25, 0.3) is 0 Å². The van der Waals surface area contributed by atoms with Gasteiger partial charge in [-0.05, 0) is 40.2 Å². The summed E-state index contributed by atoms with van der Waals surface area (Å²) < 4.78 is 13.7. The molecular formula is C12H7BrFN3. The molecule has 0 fully saturated rings. The monoisotopic (exact) mass is 291 g/mol. The molecular weight excluding hydrogens is 285 g/mol. The summed E-state index contributed by atoms with van der Waals surface area (Å²) >= 11 is 3.33. The van der Waals surface area contributed by atoms with E-state index in [0.717, 1.165) is 10.2 Å². The maximum absolute atomic E-state index is 13.0. The molecule has 0 saturated carbocycles. The van der Waals surface area contributed by atoms with Crippen LogP contribution < -0.4 is 5.32 Å². The molecule has 17 heavy (non-hydrogen) atoms. The molecule has 0 atom stereocenters. The van der Waals surface area contributed by atoms with E-state index in [9.17, 15) is 4.39 Å². The molecule has 2 aromatic rings. The fourth-order valence-corrected chi connectivity index (χ4v) is 1.69. The Balaban J connectivity index is 2.37. The van der Waals surface area contributed by atoms with E-state index in [4.69, 9.17) is 5.26 Å². The van der Waals surface area contributed by atoms with Gasteiger partial charge in [0.1, 0.15) is 11.9 Å². The summed E-state index contributed by atoms with van der Waals surface area (Å²) in [5, 5.41) is 12.0. The Labute approximate surface area is 106 Å². The molecule has 0 radical (unpaired) electrons. The van der Waals surface area contributed by atoms with Gasteiger partial charge in [-0.2, -0.15) is 5.26 Å². The number of nitrogens with one attached hydrogen (secondary N) is 1. The van der Waals surface area contributed by atoms with Gasteiger partial charge in [-0.3, -0.25) is 4.98 Å². The number of nitrogens with zero attached hydrogens (tertiary/aromatic N) is 2. The average molecular weight is 292 g/mol. The van der Waals surface area contributed by atoms with Crippen LogP contribution >= 0.6 is 15.9 Å². The summed E-state index contributed by atoms with van der Waals surface area (Å²) in [5.41, 5.74) is 1.58. The zero-order chi connectivity index (χ0) is 12.3. The minimum absolute atomic E-state index is 0.258. The SMILES string of the molecule is N#Cc1cc(F)ccc1Nc1ccncc1Br. The lowest BCUT2D eigenvalue weighted by molar-refractivity contribution is 0.627.